The number of hydrogen-bond acceptors (Lipinski definition) is 5. The maximum atomic E-state index is 12.5. The van der Waals surface area contributed by atoms with Crippen molar-refractivity contribution in [2.24, 2.45) is 0 Å². The molecule has 1 unspecified atom stereocenters. The first-order valence-electron chi connectivity index (χ1n) is 6.24. The fourth-order valence-electron chi connectivity index (χ4n) is 1.97. The van der Waals surface area contributed by atoms with E-state index in [1.165, 1.54) is 13.5 Å². The number of hydrogen-bond donors (Lipinski definition) is 2. The van der Waals surface area contributed by atoms with E-state index in [-0.39, 0.29) is 17.3 Å². The highest BCUT2D eigenvalue weighted by Gasteiger charge is 2.31. The lowest BCUT2D eigenvalue weighted by molar-refractivity contribution is -0.183. The van der Waals surface area contributed by atoms with Crippen molar-refractivity contribution in [2.45, 2.75) is 37.0 Å². The third-order valence-corrected chi connectivity index (χ3v) is 4.52. The zero-order chi connectivity index (χ0) is 15.0. The second kappa shape index (κ2) is 5.36. The Morgan fingerprint density at radius 2 is 2.10 bits per heavy atom. The minimum Gasteiger partial charge on any atom is -0.399 e. The van der Waals surface area contributed by atoms with Gasteiger partial charge in [0.2, 0.25) is 10.0 Å². The number of nitrogen functional groups attached to an aromatic ring is 1. The molecule has 1 aliphatic rings. The fraction of sp³-hybridized carbons (Fsp3) is 0.500. The molecule has 3 N–H and O–H groups in total. The van der Waals surface area contributed by atoms with Crippen molar-refractivity contribution < 1.29 is 18.1 Å². The van der Waals surface area contributed by atoms with Crippen molar-refractivity contribution in [3.8, 4) is 0 Å². The maximum absolute atomic E-state index is 12.5. The second-order valence-corrected chi connectivity index (χ2v) is 7.43. The monoisotopic (exact) mass is 297 g/mol. The van der Waals surface area contributed by atoms with Crippen LogP contribution in [-0.2, 0) is 19.7 Å². The lowest BCUT2D eigenvalue weighted by atomic mass is 9.76. The summed E-state index contributed by atoms with van der Waals surface area (Å²) in [5.74, 6) is -0.234. The minimum atomic E-state index is -3.67. The standard InChI is InChI=1S/C12H18BN2O4S/c1-12(2,3)15-20(16,17)11-6-8(14)4-5-9(11)10-7-18-19-13-10/h4-6,10,15H,7,14H2,1-3H3. The van der Waals surface area contributed by atoms with E-state index in [4.69, 9.17) is 15.4 Å². The average molecular weight is 297 g/mol. The van der Waals surface area contributed by atoms with Crippen LogP contribution >= 0.6 is 0 Å². The Kier molecular flexibility index (Phi) is 4.10. The van der Waals surface area contributed by atoms with Crippen molar-refractivity contribution in [1.29, 1.82) is 0 Å². The van der Waals surface area contributed by atoms with Crippen LogP contribution in [0.5, 0.6) is 0 Å². The van der Waals surface area contributed by atoms with Gasteiger partial charge in [-0.3, -0.25) is 4.89 Å². The largest absolute Gasteiger partial charge is 0.399 e. The van der Waals surface area contributed by atoms with Crippen LogP contribution in [-0.4, -0.2) is 28.0 Å². The molecule has 1 aromatic carbocycles. The molecule has 2 rings (SSSR count). The first kappa shape index (κ1) is 15.3. The smallest absolute Gasteiger partial charge is 0.354 e. The normalized spacial score (nSPS) is 19.9. The summed E-state index contributed by atoms with van der Waals surface area (Å²) in [6.45, 7) is 5.63. The molecule has 0 aliphatic carbocycles. The Balaban J connectivity index is 2.46. The summed E-state index contributed by atoms with van der Waals surface area (Å²) < 4.78 is 27.7. The highest BCUT2D eigenvalue weighted by molar-refractivity contribution is 7.89. The highest BCUT2D eigenvalue weighted by Crippen LogP contribution is 2.29. The van der Waals surface area contributed by atoms with Gasteiger partial charge in [0.25, 0.3) is 0 Å². The van der Waals surface area contributed by atoms with Gasteiger partial charge in [0, 0.05) is 17.0 Å². The van der Waals surface area contributed by atoms with E-state index < -0.39 is 15.6 Å². The number of anilines is 1. The van der Waals surface area contributed by atoms with E-state index in [2.05, 4.69) is 4.72 Å². The maximum Gasteiger partial charge on any atom is 0.354 e. The highest BCUT2D eigenvalue weighted by atomic mass is 32.2. The lowest BCUT2D eigenvalue weighted by Gasteiger charge is -2.22. The first-order valence-corrected chi connectivity index (χ1v) is 7.72. The van der Waals surface area contributed by atoms with Gasteiger partial charge in [-0.25, -0.2) is 13.1 Å². The molecule has 109 valence electrons. The Hall–Kier alpha value is -1.09. The summed E-state index contributed by atoms with van der Waals surface area (Å²) in [5.41, 5.74) is 6.14. The molecule has 1 heterocycles. The first-order chi connectivity index (χ1) is 9.19. The lowest BCUT2D eigenvalue weighted by Crippen LogP contribution is -2.41. The quantitative estimate of drug-likeness (QED) is 0.493. The third kappa shape index (κ3) is 3.51. The molecule has 1 saturated heterocycles. The molecule has 8 heteroatoms. The summed E-state index contributed by atoms with van der Waals surface area (Å²) >= 11 is 0. The number of benzene rings is 1. The second-order valence-electron chi connectivity index (χ2n) is 5.78. The van der Waals surface area contributed by atoms with Crippen LogP contribution in [0.2, 0.25) is 0 Å². The predicted octanol–water partition coefficient (Wildman–Crippen LogP) is 0.968. The van der Waals surface area contributed by atoms with Gasteiger partial charge in [0.05, 0.1) is 11.5 Å². The summed E-state index contributed by atoms with van der Waals surface area (Å²) in [4.78, 5) is 9.70. The predicted molar refractivity (Wildman–Crippen MR) is 76.5 cm³/mol. The molecule has 0 saturated carbocycles. The summed E-state index contributed by atoms with van der Waals surface area (Å²) in [5, 5.41) is 0. The summed E-state index contributed by atoms with van der Waals surface area (Å²) in [6.07, 6.45) is 0. The molecular formula is C12H18BN2O4S. The van der Waals surface area contributed by atoms with Crippen LogP contribution in [0, 0.1) is 0 Å². The zero-order valence-electron chi connectivity index (χ0n) is 11.7. The van der Waals surface area contributed by atoms with Crippen molar-refractivity contribution in [3.63, 3.8) is 0 Å². The molecule has 1 aromatic rings. The summed E-state index contributed by atoms with van der Waals surface area (Å²) in [6, 6.07) is 4.80. The van der Waals surface area contributed by atoms with Crippen molar-refractivity contribution in [3.05, 3.63) is 23.8 Å². The molecule has 20 heavy (non-hydrogen) atoms. The van der Waals surface area contributed by atoms with Gasteiger partial charge < -0.3 is 10.5 Å². The van der Waals surface area contributed by atoms with E-state index >= 15 is 0 Å². The van der Waals surface area contributed by atoms with E-state index in [1.54, 1.807) is 32.9 Å². The van der Waals surface area contributed by atoms with Gasteiger partial charge in [-0.05, 0) is 38.5 Å². The number of rotatable bonds is 3. The topological polar surface area (TPSA) is 90.7 Å². The Bertz CT molecular complexity index is 592. The molecule has 0 spiro atoms. The minimum absolute atomic E-state index is 0.155. The van der Waals surface area contributed by atoms with Gasteiger partial charge in [0.15, 0.2) is 0 Å². The third-order valence-electron chi connectivity index (χ3n) is 2.70. The molecule has 0 aromatic heterocycles. The van der Waals surface area contributed by atoms with Crippen LogP contribution in [0.3, 0.4) is 0 Å². The molecule has 6 nitrogen and oxygen atoms in total. The van der Waals surface area contributed by atoms with Crippen LogP contribution in [0.4, 0.5) is 5.69 Å². The Morgan fingerprint density at radius 3 is 2.65 bits per heavy atom. The van der Waals surface area contributed by atoms with E-state index in [0.717, 1.165) is 0 Å². The van der Waals surface area contributed by atoms with Crippen molar-refractivity contribution in [1.82, 2.24) is 4.72 Å². The van der Waals surface area contributed by atoms with Gasteiger partial charge in [-0.2, -0.15) is 0 Å². The molecule has 1 aliphatic heterocycles. The molecule has 1 fully saturated rings. The van der Waals surface area contributed by atoms with Crippen molar-refractivity contribution in [2.75, 3.05) is 12.3 Å². The average Bonchev–Trinajstić information content (AvgIpc) is 2.79. The van der Waals surface area contributed by atoms with Gasteiger partial charge in [-0.1, -0.05) is 6.07 Å². The Morgan fingerprint density at radius 1 is 1.40 bits per heavy atom. The number of sulfonamides is 1. The van der Waals surface area contributed by atoms with Crippen LogP contribution < -0.4 is 10.5 Å². The van der Waals surface area contributed by atoms with Gasteiger partial charge >= 0.3 is 7.48 Å². The van der Waals surface area contributed by atoms with Crippen LogP contribution in [0.25, 0.3) is 0 Å². The summed E-state index contributed by atoms with van der Waals surface area (Å²) in [7, 11) is -2.20. The molecule has 1 radical (unpaired) electrons. The molecule has 0 amide bonds. The van der Waals surface area contributed by atoms with Crippen molar-refractivity contribution >= 4 is 23.2 Å². The van der Waals surface area contributed by atoms with E-state index in [9.17, 15) is 8.42 Å². The Labute approximate surface area is 119 Å². The van der Waals surface area contributed by atoms with Crippen LogP contribution in [0.15, 0.2) is 23.1 Å². The van der Waals surface area contributed by atoms with Gasteiger partial charge in [0.1, 0.15) is 0 Å². The number of nitrogens with one attached hydrogen (secondary N) is 1. The SMILES string of the molecule is CC(C)(C)NS(=O)(=O)c1cc(N)ccc1C1[B]OOC1. The number of nitrogens with two attached hydrogens (primary N) is 1. The molecular weight excluding hydrogens is 279 g/mol. The molecule has 0 bridgehead atoms. The fourth-order valence-corrected chi connectivity index (χ4v) is 3.71. The molecule has 1 atom stereocenters. The van der Waals surface area contributed by atoms with Crippen LogP contribution in [0.1, 0.15) is 32.2 Å². The van der Waals surface area contributed by atoms with E-state index in [0.29, 0.717) is 11.3 Å². The zero-order valence-corrected chi connectivity index (χ0v) is 12.5. The van der Waals surface area contributed by atoms with E-state index in [1.807, 2.05) is 0 Å². The van der Waals surface area contributed by atoms with Gasteiger partial charge in [-0.15, -0.1) is 0 Å².